The molecule has 2 unspecified atom stereocenters. The molecule has 0 aliphatic carbocycles. The minimum atomic E-state index is -0.847. The fourth-order valence-corrected chi connectivity index (χ4v) is 3.44. The van der Waals surface area contributed by atoms with Crippen LogP contribution in [-0.2, 0) is 15.5 Å². The minimum Gasteiger partial charge on any atom is -0.381 e. The molecule has 0 amide bonds. The Morgan fingerprint density at radius 3 is 2.71 bits per heavy atom. The highest BCUT2D eigenvalue weighted by molar-refractivity contribution is 7.86. The first kappa shape index (κ1) is 11.7. The van der Waals surface area contributed by atoms with E-state index >= 15 is 0 Å². The van der Waals surface area contributed by atoms with Crippen LogP contribution >= 0.6 is 0 Å². The molecular weight excluding hydrogens is 198 g/mol. The molecule has 0 radical (unpaired) electrons. The Labute approximate surface area is 87.9 Å². The Morgan fingerprint density at radius 1 is 1.57 bits per heavy atom. The van der Waals surface area contributed by atoms with Crippen molar-refractivity contribution >= 4 is 10.8 Å². The maximum atomic E-state index is 12.0. The molecule has 14 heavy (non-hydrogen) atoms. The van der Waals surface area contributed by atoms with Crippen LogP contribution in [0.2, 0.25) is 0 Å². The summed E-state index contributed by atoms with van der Waals surface area (Å²) in [7, 11) is -0.847. The van der Waals surface area contributed by atoms with Crippen molar-refractivity contribution in [3.05, 3.63) is 0 Å². The van der Waals surface area contributed by atoms with E-state index in [1.54, 1.807) is 0 Å². The van der Waals surface area contributed by atoms with Crippen LogP contribution in [0.5, 0.6) is 0 Å². The van der Waals surface area contributed by atoms with Gasteiger partial charge in [0.2, 0.25) is 0 Å². The molecule has 1 aliphatic heterocycles. The minimum absolute atomic E-state index is 0.0584. The van der Waals surface area contributed by atoms with Crippen molar-refractivity contribution in [1.29, 1.82) is 5.26 Å². The largest absolute Gasteiger partial charge is 0.381 e. The first-order chi connectivity index (χ1) is 6.79. The Kier molecular flexibility index (Phi) is 5.13. The number of hydrogen-bond donors (Lipinski definition) is 0. The number of ether oxygens (including phenoxy) is 1. The Morgan fingerprint density at radius 2 is 2.21 bits per heavy atom. The van der Waals surface area contributed by atoms with Crippen LogP contribution in [0.4, 0.5) is 0 Å². The Bertz CT molecular complexity index is 231. The van der Waals surface area contributed by atoms with E-state index in [0.29, 0.717) is 6.42 Å². The van der Waals surface area contributed by atoms with Gasteiger partial charge in [-0.25, -0.2) is 0 Å². The number of hydrogen-bond acceptors (Lipinski definition) is 3. The van der Waals surface area contributed by atoms with Gasteiger partial charge in [0.25, 0.3) is 0 Å². The molecule has 3 nitrogen and oxygen atoms in total. The van der Waals surface area contributed by atoms with Crippen molar-refractivity contribution in [1.82, 2.24) is 0 Å². The summed E-state index contributed by atoms with van der Waals surface area (Å²) in [5.74, 6) is 0. The highest BCUT2D eigenvalue weighted by Gasteiger charge is 2.25. The lowest BCUT2D eigenvalue weighted by Gasteiger charge is -2.24. The summed E-state index contributed by atoms with van der Waals surface area (Å²) in [6.07, 6.45) is 3.01. The van der Waals surface area contributed by atoms with Gasteiger partial charge in [-0.3, -0.25) is 4.21 Å². The molecule has 1 fully saturated rings. The second-order valence-corrected chi connectivity index (χ2v) is 5.52. The summed E-state index contributed by atoms with van der Waals surface area (Å²) in [5, 5.41) is 8.92. The van der Waals surface area contributed by atoms with Crippen LogP contribution in [0.3, 0.4) is 0 Å². The maximum Gasteiger partial charge on any atom is 0.0634 e. The molecule has 80 valence electrons. The van der Waals surface area contributed by atoms with Gasteiger partial charge in [0, 0.05) is 40.9 Å². The number of nitriles is 1. The van der Waals surface area contributed by atoms with Crippen LogP contribution in [0, 0.1) is 11.3 Å². The molecule has 1 aliphatic rings. The van der Waals surface area contributed by atoms with Crippen molar-refractivity contribution < 1.29 is 8.95 Å². The standard InChI is InChI=1S/C10H17NO2S/c1-2-9(3-6-11)14(12)10-4-7-13-8-5-10/h9-10H,2-5,7-8H2,1H3. The SMILES string of the molecule is CCC(CC#N)S(=O)C1CCOCC1. The smallest absolute Gasteiger partial charge is 0.0634 e. The van der Waals surface area contributed by atoms with E-state index in [1.165, 1.54) is 0 Å². The predicted octanol–water partition coefficient (Wildman–Crippen LogP) is 1.61. The molecule has 0 aromatic heterocycles. The van der Waals surface area contributed by atoms with E-state index in [1.807, 2.05) is 6.92 Å². The van der Waals surface area contributed by atoms with Crippen molar-refractivity contribution in [3.8, 4) is 6.07 Å². The summed E-state index contributed by atoms with van der Waals surface area (Å²) >= 11 is 0. The Hall–Kier alpha value is -0.400. The molecule has 1 heterocycles. The normalized spacial score (nSPS) is 22.6. The van der Waals surface area contributed by atoms with E-state index in [2.05, 4.69) is 6.07 Å². The van der Waals surface area contributed by atoms with E-state index in [4.69, 9.17) is 10.00 Å². The van der Waals surface area contributed by atoms with Crippen molar-refractivity contribution in [2.75, 3.05) is 13.2 Å². The average molecular weight is 215 g/mol. The molecule has 0 N–H and O–H groups in total. The molecule has 1 saturated heterocycles. The maximum absolute atomic E-state index is 12.0. The average Bonchev–Trinajstić information content (AvgIpc) is 2.26. The van der Waals surface area contributed by atoms with Crippen LogP contribution < -0.4 is 0 Å². The number of nitrogens with zero attached hydrogens (tertiary/aromatic N) is 1. The zero-order valence-electron chi connectivity index (χ0n) is 8.57. The first-order valence-corrected chi connectivity index (χ1v) is 6.41. The Balaban J connectivity index is 2.48. The third-order valence-electron chi connectivity index (χ3n) is 2.60. The first-order valence-electron chi connectivity index (χ1n) is 5.13. The van der Waals surface area contributed by atoms with Crippen LogP contribution in [0.15, 0.2) is 0 Å². The molecule has 0 aromatic carbocycles. The summed E-state index contributed by atoms with van der Waals surface area (Å²) in [4.78, 5) is 0. The van der Waals surface area contributed by atoms with Gasteiger partial charge in [0.1, 0.15) is 0 Å². The van der Waals surface area contributed by atoms with E-state index < -0.39 is 10.8 Å². The molecule has 0 bridgehead atoms. The third kappa shape index (κ3) is 3.07. The zero-order chi connectivity index (χ0) is 10.4. The van der Waals surface area contributed by atoms with Crippen LogP contribution in [0.1, 0.15) is 32.6 Å². The highest BCUT2D eigenvalue weighted by Crippen LogP contribution is 2.19. The van der Waals surface area contributed by atoms with Crippen LogP contribution in [-0.4, -0.2) is 27.9 Å². The lowest BCUT2D eigenvalue weighted by atomic mass is 10.2. The van der Waals surface area contributed by atoms with Gasteiger partial charge < -0.3 is 4.74 Å². The van der Waals surface area contributed by atoms with Crippen molar-refractivity contribution in [3.63, 3.8) is 0 Å². The molecule has 0 saturated carbocycles. The zero-order valence-corrected chi connectivity index (χ0v) is 9.39. The molecule has 0 aromatic rings. The fourth-order valence-electron chi connectivity index (χ4n) is 1.67. The highest BCUT2D eigenvalue weighted by atomic mass is 32.2. The van der Waals surface area contributed by atoms with Gasteiger partial charge in [-0.05, 0) is 19.3 Å². The molecule has 4 heteroatoms. The number of rotatable bonds is 4. The summed E-state index contributed by atoms with van der Waals surface area (Å²) in [5.41, 5.74) is 0. The second kappa shape index (κ2) is 6.15. The third-order valence-corrected chi connectivity index (χ3v) is 4.89. The van der Waals surface area contributed by atoms with Gasteiger partial charge in [-0.15, -0.1) is 0 Å². The van der Waals surface area contributed by atoms with Gasteiger partial charge in [0.05, 0.1) is 6.07 Å². The second-order valence-electron chi connectivity index (χ2n) is 3.53. The lowest BCUT2D eigenvalue weighted by molar-refractivity contribution is 0.0991. The van der Waals surface area contributed by atoms with E-state index in [9.17, 15) is 4.21 Å². The molecular formula is C10H17NO2S. The summed E-state index contributed by atoms with van der Waals surface area (Å²) in [6, 6.07) is 2.11. The van der Waals surface area contributed by atoms with E-state index in [0.717, 1.165) is 32.5 Å². The van der Waals surface area contributed by atoms with Gasteiger partial charge in [-0.1, -0.05) is 6.92 Å². The summed E-state index contributed by atoms with van der Waals surface area (Å²) < 4.78 is 17.2. The fraction of sp³-hybridized carbons (Fsp3) is 0.900. The predicted molar refractivity (Wildman–Crippen MR) is 56.3 cm³/mol. The molecule has 0 spiro atoms. The quantitative estimate of drug-likeness (QED) is 0.716. The van der Waals surface area contributed by atoms with Gasteiger partial charge in [-0.2, -0.15) is 5.26 Å². The van der Waals surface area contributed by atoms with Gasteiger partial charge in [0.15, 0.2) is 0 Å². The lowest BCUT2D eigenvalue weighted by Crippen LogP contribution is -2.31. The van der Waals surface area contributed by atoms with Crippen molar-refractivity contribution in [2.45, 2.75) is 43.1 Å². The molecule has 1 rings (SSSR count). The van der Waals surface area contributed by atoms with E-state index in [-0.39, 0.29) is 10.5 Å². The monoisotopic (exact) mass is 215 g/mol. The van der Waals surface area contributed by atoms with Gasteiger partial charge >= 0.3 is 0 Å². The van der Waals surface area contributed by atoms with Crippen molar-refractivity contribution in [2.24, 2.45) is 0 Å². The topological polar surface area (TPSA) is 50.1 Å². The molecule has 2 atom stereocenters. The van der Waals surface area contributed by atoms with Crippen LogP contribution in [0.25, 0.3) is 0 Å². The summed E-state index contributed by atoms with van der Waals surface area (Å²) in [6.45, 7) is 3.44.